The first-order chi connectivity index (χ1) is 10.1. The van der Waals surface area contributed by atoms with Gasteiger partial charge in [-0.2, -0.15) is 0 Å². The van der Waals surface area contributed by atoms with E-state index in [-0.39, 0.29) is 0 Å². The van der Waals surface area contributed by atoms with Crippen molar-refractivity contribution < 1.29 is 4.74 Å². The first-order valence-corrected chi connectivity index (χ1v) is 8.28. The summed E-state index contributed by atoms with van der Waals surface area (Å²) < 4.78 is 5.24. The molecule has 0 radical (unpaired) electrons. The van der Waals surface area contributed by atoms with Gasteiger partial charge in [-0.25, -0.2) is 0 Å². The Morgan fingerprint density at radius 1 is 1.19 bits per heavy atom. The molecule has 1 atom stereocenters. The van der Waals surface area contributed by atoms with E-state index >= 15 is 0 Å². The van der Waals surface area contributed by atoms with Crippen LogP contribution in [0, 0.1) is 0 Å². The normalized spacial score (nSPS) is 18.9. The van der Waals surface area contributed by atoms with E-state index in [0.717, 1.165) is 12.2 Å². The molecule has 1 N–H and O–H groups in total. The molecule has 1 saturated heterocycles. The number of methoxy groups -OCH3 is 1. The summed E-state index contributed by atoms with van der Waals surface area (Å²) in [5.74, 6) is 0.929. The molecule has 3 nitrogen and oxygen atoms in total. The van der Waals surface area contributed by atoms with Crippen molar-refractivity contribution in [3.63, 3.8) is 0 Å². The Bertz CT molecular complexity index is 408. The second-order valence-electron chi connectivity index (χ2n) is 6.30. The van der Waals surface area contributed by atoms with E-state index in [2.05, 4.69) is 55.3 Å². The largest absolute Gasteiger partial charge is 0.497 e. The van der Waals surface area contributed by atoms with Crippen molar-refractivity contribution >= 4 is 0 Å². The summed E-state index contributed by atoms with van der Waals surface area (Å²) >= 11 is 0. The van der Waals surface area contributed by atoms with Gasteiger partial charge in [0, 0.05) is 18.1 Å². The Morgan fingerprint density at radius 3 is 2.29 bits per heavy atom. The van der Waals surface area contributed by atoms with Crippen LogP contribution in [0.5, 0.6) is 5.75 Å². The van der Waals surface area contributed by atoms with Gasteiger partial charge in [0.25, 0.3) is 0 Å². The highest BCUT2D eigenvalue weighted by Crippen LogP contribution is 2.23. The summed E-state index contributed by atoms with van der Waals surface area (Å²) in [6.07, 6.45) is 3.63. The van der Waals surface area contributed by atoms with Gasteiger partial charge in [-0.1, -0.05) is 19.1 Å². The quantitative estimate of drug-likeness (QED) is 0.866. The van der Waals surface area contributed by atoms with E-state index in [9.17, 15) is 0 Å². The summed E-state index contributed by atoms with van der Waals surface area (Å²) in [5.41, 5.74) is 1.37. The zero-order chi connectivity index (χ0) is 15.2. The van der Waals surface area contributed by atoms with Crippen molar-refractivity contribution in [3.05, 3.63) is 29.8 Å². The molecule has 1 aromatic carbocycles. The van der Waals surface area contributed by atoms with Crippen LogP contribution in [-0.4, -0.2) is 37.2 Å². The number of piperidine rings is 1. The Labute approximate surface area is 129 Å². The molecular formula is C18H30N2O. The van der Waals surface area contributed by atoms with Crippen molar-refractivity contribution in [3.8, 4) is 5.75 Å². The third-order valence-electron chi connectivity index (χ3n) is 4.62. The topological polar surface area (TPSA) is 24.5 Å². The summed E-state index contributed by atoms with van der Waals surface area (Å²) in [7, 11) is 1.72. The first-order valence-electron chi connectivity index (χ1n) is 8.28. The number of rotatable bonds is 6. The fourth-order valence-electron chi connectivity index (χ4n) is 3.15. The maximum atomic E-state index is 5.24. The number of likely N-dealkylation sites (tertiary alicyclic amines) is 1. The molecule has 118 valence electrons. The minimum atomic E-state index is 0.450. The number of benzene rings is 1. The predicted molar refractivity (Wildman–Crippen MR) is 88.9 cm³/mol. The molecule has 1 heterocycles. The standard InChI is InChI=1S/C18H30N2O/c1-5-18(15-6-8-17(21-4)9-7-15)19-16-10-12-20(13-11-16)14(2)3/h6-9,14,16,18-19H,5,10-13H2,1-4H3. The number of ether oxygens (including phenoxy) is 1. The summed E-state index contributed by atoms with van der Waals surface area (Å²) in [6.45, 7) is 9.27. The van der Waals surface area contributed by atoms with E-state index in [4.69, 9.17) is 4.74 Å². The molecule has 3 heteroatoms. The lowest BCUT2D eigenvalue weighted by Crippen LogP contribution is -2.45. The Kier molecular flexibility index (Phi) is 6.07. The third kappa shape index (κ3) is 4.45. The van der Waals surface area contributed by atoms with Crippen LogP contribution in [0.4, 0.5) is 0 Å². The second-order valence-corrected chi connectivity index (χ2v) is 6.30. The van der Waals surface area contributed by atoms with Crippen LogP contribution >= 0.6 is 0 Å². The van der Waals surface area contributed by atoms with E-state index < -0.39 is 0 Å². The monoisotopic (exact) mass is 290 g/mol. The highest BCUT2D eigenvalue weighted by atomic mass is 16.5. The smallest absolute Gasteiger partial charge is 0.118 e. The Balaban J connectivity index is 1.90. The van der Waals surface area contributed by atoms with Crippen LogP contribution in [0.15, 0.2) is 24.3 Å². The van der Waals surface area contributed by atoms with Crippen LogP contribution in [0.2, 0.25) is 0 Å². The molecule has 21 heavy (non-hydrogen) atoms. The molecule has 1 aliphatic heterocycles. The lowest BCUT2D eigenvalue weighted by Gasteiger charge is -2.36. The van der Waals surface area contributed by atoms with E-state index in [1.807, 2.05) is 0 Å². The van der Waals surface area contributed by atoms with Crippen molar-refractivity contribution in [1.29, 1.82) is 0 Å². The average Bonchev–Trinajstić information content (AvgIpc) is 2.53. The molecule has 0 saturated carbocycles. The summed E-state index contributed by atoms with van der Waals surface area (Å²) in [5, 5.41) is 3.85. The van der Waals surface area contributed by atoms with Gasteiger partial charge >= 0.3 is 0 Å². The molecule has 1 aliphatic rings. The molecule has 0 spiro atoms. The van der Waals surface area contributed by atoms with E-state index in [1.54, 1.807) is 7.11 Å². The molecule has 0 aliphatic carbocycles. The molecule has 1 aromatic rings. The van der Waals surface area contributed by atoms with Crippen molar-refractivity contribution in [2.45, 2.75) is 58.2 Å². The minimum Gasteiger partial charge on any atom is -0.497 e. The average molecular weight is 290 g/mol. The van der Waals surface area contributed by atoms with Gasteiger partial charge in [0.05, 0.1) is 7.11 Å². The van der Waals surface area contributed by atoms with Gasteiger partial charge in [0.15, 0.2) is 0 Å². The first kappa shape index (κ1) is 16.3. The Hall–Kier alpha value is -1.06. The molecule has 0 amide bonds. The van der Waals surface area contributed by atoms with Crippen LogP contribution in [0.25, 0.3) is 0 Å². The zero-order valence-electron chi connectivity index (χ0n) is 13.9. The van der Waals surface area contributed by atoms with Crippen molar-refractivity contribution in [1.82, 2.24) is 10.2 Å². The molecule has 1 unspecified atom stereocenters. The highest BCUT2D eigenvalue weighted by Gasteiger charge is 2.22. The van der Waals surface area contributed by atoms with Crippen LogP contribution in [-0.2, 0) is 0 Å². The number of hydrogen-bond acceptors (Lipinski definition) is 3. The maximum absolute atomic E-state index is 5.24. The Morgan fingerprint density at radius 2 is 1.81 bits per heavy atom. The van der Waals surface area contributed by atoms with E-state index in [1.165, 1.54) is 31.5 Å². The lowest BCUT2D eigenvalue weighted by molar-refractivity contribution is 0.156. The fourth-order valence-corrected chi connectivity index (χ4v) is 3.15. The zero-order valence-corrected chi connectivity index (χ0v) is 13.9. The van der Waals surface area contributed by atoms with Crippen molar-refractivity contribution in [2.24, 2.45) is 0 Å². The number of nitrogens with zero attached hydrogens (tertiary/aromatic N) is 1. The molecule has 1 fully saturated rings. The van der Waals surface area contributed by atoms with Crippen LogP contribution in [0.1, 0.15) is 51.6 Å². The van der Waals surface area contributed by atoms with Crippen LogP contribution < -0.4 is 10.1 Å². The van der Waals surface area contributed by atoms with Gasteiger partial charge in [-0.05, 0) is 63.9 Å². The molecule has 0 aromatic heterocycles. The number of hydrogen-bond donors (Lipinski definition) is 1. The summed E-state index contributed by atoms with van der Waals surface area (Å²) in [4.78, 5) is 2.58. The predicted octanol–water partition coefficient (Wildman–Crippen LogP) is 3.61. The maximum Gasteiger partial charge on any atom is 0.118 e. The van der Waals surface area contributed by atoms with Crippen molar-refractivity contribution in [2.75, 3.05) is 20.2 Å². The second kappa shape index (κ2) is 7.81. The van der Waals surface area contributed by atoms with Crippen LogP contribution in [0.3, 0.4) is 0 Å². The molecule has 2 rings (SSSR count). The fraction of sp³-hybridized carbons (Fsp3) is 0.667. The van der Waals surface area contributed by atoms with E-state index in [0.29, 0.717) is 18.1 Å². The van der Waals surface area contributed by atoms with Gasteiger partial charge in [-0.3, -0.25) is 0 Å². The third-order valence-corrected chi connectivity index (χ3v) is 4.62. The highest BCUT2D eigenvalue weighted by molar-refractivity contribution is 5.29. The SMILES string of the molecule is CCC(NC1CCN(C(C)C)CC1)c1ccc(OC)cc1. The van der Waals surface area contributed by atoms with Gasteiger partial charge < -0.3 is 15.0 Å². The molecular weight excluding hydrogens is 260 g/mol. The van der Waals surface area contributed by atoms with Gasteiger partial charge in [-0.15, -0.1) is 0 Å². The number of nitrogens with one attached hydrogen (secondary N) is 1. The van der Waals surface area contributed by atoms with Gasteiger partial charge in [0.1, 0.15) is 5.75 Å². The summed E-state index contributed by atoms with van der Waals surface area (Å²) in [6, 6.07) is 10.3. The lowest BCUT2D eigenvalue weighted by atomic mass is 9.98. The van der Waals surface area contributed by atoms with Gasteiger partial charge in [0.2, 0.25) is 0 Å². The molecule has 0 bridgehead atoms. The minimum absolute atomic E-state index is 0.450.